The Kier molecular flexibility index (Phi) is 6.47. The number of ether oxygens (including phenoxy) is 2. The summed E-state index contributed by atoms with van der Waals surface area (Å²) in [4.78, 5) is 38.6. The van der Waals surface area contributed by atoms with Crippen molar-refractivity contribution in [2.75, 3.05) is 13.7 Å². The average molecular weight is 363 g/mol. The van der Waals surface area contributed by atoms with E-state index in [0.29, 0.717) is 5.56 Å². The van der Waals surface area contributed by atoms with E-state index in [2.05, 4.69) is 15.0 Å². The normalized spacial score (nSPS) is 10.0. The van der Waals surface area contributed by atoms with Gasteiger partial charge in [-0.3, -0.25) is 4.79 Å². The Morgan fingerprint density at radius 3 is 2.48 bits per heavy atom. The topological polar surface area (TPSA) is 94.6 Å². The minimum Gasteiger partial charge on any atom is -0.465 e. The third kappa shape index (κ3) is 5.29. The van der Waals surface area contributed by atoms with Gasteiger partial charge in [-0.1, -0.05) is 23.7 Å². The summed E-state index contributed by atoms with van der Waals surface area (Å²) in [6.07, 6.45) is 1.44. The van der Waals surface area contributed by atoms with Crippen molar-refractivity contribution in [3.05, 3.63) is 64.4 Å². The second-order valence-electron chi connectivity index (χ2n) is 4.88. The summed E-state index contributed by atoms with van der Waals surface area (Å²) >= 11 is 5.78. The first-order valence-corrected chi connectivity index (χ1v) is 7.60. The molecule has 0 aliphatic carbocycles. The molecule has 25 heavy (non-hydrogen) atoms. The Morgan fingerprint density at radius 2 is 1.84 bits per heavy atom. The Morgan fingerprint density at radius 1 is 1.12 bits per heavy atom. The highest BCUT2D eigenvalue weighted by atomic mass is 35.5. The fourth-order valence-electron chi connectivity index (χ4n) is 1.88. The van der Waals surface area contributed by atoms with Crippen LogP contribution in [0.3, 0.4) is 0 Å². The summed E-state index contributed by atoms with van der Waals surface area (Å²) in [5, 5.41) is 2.61. The maximum Gasteiger partial charge on any atom is 0.341 e. The molecule has 0 radical (unpaired) electrons. The zero-order valence-corrected chi connectivity index (χ0v) is 14.1. The lowest BCUT2D eigenvalue weighted by atomic mass is 10.1. The molecular formula is C17H15ClN2O5. The van der Waals surface area contributed by atoms with Gasteiger partial charge in [-0.15, -0.1) is 0 Å². The van der Waals surface area contributed by atoms with Crippen LogP contribution in [0, 0.1) is 0 Å². The second kappa shape index (κ2) is 8.79. The number of aromatic nitrogens is 1. The first-order valence-electron chi connectivity index (χ1n) is 7.23. The monoisotopic (exact) mass is 362 g/mol. The summed E-state index contributed by atoms with van der Waals surface area (Å²) in [5.41, 5.74) is 1.29. The molecule has 1 heterocycles. The molecule has 130 valence electrons. The zero-order valence-electron chi connectivity index (χ0n) is 13.3. The number of carbonyl (C=O) groups excluding carboxylic acids is 3. The van der Waals surface area contributed by atoms with Crippen LogP contribution >= 0.6 is 11.6 Å². The van der Waals surface area contributed by atoms with Crippen molar-refractivity contribution in [1.29, 1.82) is 0 Å². The van der Waals surface area contributed by atoms with E-state index in [4.69, 9.17) is 16.3 Å². The van der Waals surface area contributed by atoms with Gasteiger partial charge in [0.25, 0.3) is 5.91 Å². The number of benzene rings is 1. The van der Waals surface area contributed by atoms with Gasteiger partial charge in [0.15, 0.2) is 6.61 Å². The lowest BCUT2D eigenvalue weighted by Gasteiger charge is -2.07. The quantitative estimate of drug-likeness (QED) is 0.624. The third-order valence-corrected chi connectivity index (χ3v) is 3.48. The molecule has 0 aliphatic heterocycles. The van der Waals surface area contributed by atoms with E-state index in [0.717, 1.165) is 5.56 Å². The fraction of sp³-hybridized carbons (Fsp3) is 0.176. The van der Waals surface area contributed by atoms with Gasteiger partial charge in [0, 0.05) is 12.7 Å². The molecule has 2 rings (SSSR count). The molecule has 1 aromatic heterocycles. The number of pyridine rings is 1. The highest BCUT2D eigenvalue weighted by Crippen LogP contribution is 2.12. The van der Waals surface area contributed by atoms with E-state index in [-0.39, 0.29) is 17.3 Å². The molecule has 7 nitrogen and oxygen atoms in total. The van der Waals surface area contributed by atoms with Crippen molar-refractivity contribution in [1.82, 2.24) is 10.3 Å². The number of nitrogens with zero attached hydrogens (tertiary/aromatic N) is 1. The Bertz CT molecular complexity index is 777. The number of halogens is 1. The van der Waals surface area contributed by atoms with Crippen LogP contribution in [0.15, 0.2) is 42.6 Å². The average Bonchev–Trinajstić information content (AvgIpc) is 2.64. The number of esters is 2. The van der Waals surface area contributed by atoms with E-state index in [1.807, 2.05) is 0 Å². The standard InChI is InChI=1S/C17H15ClN2O5/c1-24-16(22)12-6-4-11(5-7-12)9-20-14(21)10-25-17(23)13-3-2-8-19-15(13)18/h2-8H,9-10H2,1H3,(H,20,21). The van der Waals surface area contributed by atoms with Crippen LogP contribution in [0.5, 0.6) is 0 Å². The van der Waals surface area contributed by atoms with Gasteiger partial charge in [-0.05, 0) is 29.8 Å². The molecular weight excluding hydrogens is 348 g/mol. The number of amides is 1. The molecule has 0 atom stereocenters. The van der Waals surface area contributed by atoms with Crippen molar-refractivity contribution in [3.63, 3.8) is 0 Å². The summed E-state index contributed by atoms with van der Waals surface area (Å²) in [5.74, 6) is -1.63. The maximum atomic E-state index is 11.8. The van der Waals surface area contributed by atoms with Crippen LogP contribution in [0.1, 0.15) is 26.3 Å². The van der Waals surface area contributed by atoms with Gasteiger partial charge in [-0.25, -0.2) is 14.6 Å². The molecule has 0 aliphatic rings. The van der Waals surface area contributed by atoms with Gasteiger partial charge in [-0.2, -0.15) is 0 Å². The van der Waals surface area contributed by atoms with Gasteiger partial charge < -0.3 is 14.8 Å². The van der Waals surface area contributed by atoms with E-state index in [1.165, 1.54) is 19.4 Å². The van der Waals surface area contributed by atoms with Crippen LogP contribution in [0.2, 0.25) is 5.15 Å². The highest BCUT2D eigenvalue weighted by molar-refractivity contribution is 6.32. The first kappa shape index (κ1) is 18.4. The predicted molar refractivity (Wildman–Crippen MR) is 89.2 cm³/mol. The molecule has 1 aromatic carbocycles. The molecule has 0 bridgehead atoms. The maximum absolute atomic E-state index is 11.8. The Hall–Kier alpha value is -2.93. The minimum absolute atomic E-state index is 0.0126. The minimum atomic E-state index is -0.726. The van der Waals surface area contributed by atoms with Crippen LogP contribution in [-0.4, -0.2) is 36.5 Å². The van der Waals surface area contributed by atoms with Gasteiger partial charge in [0.2, 0.25) is 0 Å². The summed E-state index contributed by atoms with van der Waals surface area (Å²) in [6.45, 7) is -0.213. The molecule has 2 aromatic rings. The summed E-state index contributed by atoms with van der Waals surface area (Å²) in [7, 11) is 1.30. The molecule has 1 N–H and O–H groups in total. The zero-order chi connectivity index (χ0) is 18.2. The van der Waals surface area contributed by atoms with Crippen LogP contribution < -0.4 is 5.32 Å². The van der Waals surface area contributed by atoms with E-state index in [1.54, 1.807) is 30.3 Å². The Labute approximate surface area is 148 Å². The molecule has 0 fully saturated rings. The fourth-order valence-corrected chi connectivity index (χ4v) is 2.07. The van der Waals surface area contributed by atoms with E-state index >= 15 is 0 Å². The van der Waals surface area contributed by atoms with Gasteiger partial charge >= 0.3 is 11.9 Å². The lowest BCUT2D eigenvalue weighted by molar-refractivity contribution is -0.124. The lowest BCUT2D eigenvalue weighted by Crippen LogP contribution is -2.28. The molecule has 0 unspecified atom stereocenters. The van der Waals surface area contributed by atoms with Crippen molar-refractivity contribution >= 4 is 29.4 Å². The SMILES string of the molecule is COC(=O)c1ccc(CNC(=O)COC(=O)c2cccnc2Cl)cc1. The van der Waals surface area contributed by atoms with E-state index in [9.17, 15) is 14.4 Å². The van der Waals surface area contributed by atoms with Gasteiger partial charge in [0.05, 0.1) is 18.2 Å². The molecule has 1 amide bonds. The smallest absolute Gasteiger partial charge is 0.341 e. The van der Waals surface area contributed by atoms with Crippen molar-refractivity contribution in [2.45, 2.75) is 6.54 Å². The first-order chi connectivity index (χ1) is 12.0. The highest BCUT2D eigenvalue weighted by Gasteiger charge is 2.14. The molecule has 0 saturated heterocycles. The molecule has 0 spiro atoms. The third-order valence-electron chi connectivity index (χ3n) is 3.18. The van der Waals surface area contributed by atoms with Gasteiger partial charge in [0.1, 0.15) is 5.15 Å². The van der Waals surface area contributed by atoms with Crippen molar-refractivity contribution < 1.29 is 23.9 Å². The number of hydrogen-bond acceptors (Lipinski definition) is 6. The Balaban J connectivity index is 1.80. The number of nitrogens with one attached hydrogen (secondary N) is 1. The summed E-state index contributed by atoms with van der Waals surface area (Å²) in [6, 6.07) is 9.57. The largest absolute Gasteiger partial charge is 0.465 e. The number of carbonyl (C=O) groups is 3. The number of methoxy groups -OCH3 is 1. The number of rotatable bonds is 6. The van der Waals surface area contributed by atoms with E-state index < -0.39 is 24.5 Å². The molecule has 0 saturated carbocycles. The summed E-state index contributed by atoms with van der Waals surface area (Å²) < 4.78 is 9.49. The molecule has 8 heteroatoms. The van der Waals surface area contributed by atoms with Crippen LogP contribution in [-0.2, 0) is 20.8 Å². The second-order valence-corrected chi connectivity index (χ2v) is 5.24. The van der Waals surface area contributed by atoms with Crippen molar-refractivity contribution in [2.24, 2.45) is 0 Å². The van der Waals surface area contributed by atoms with Crippen LogP contribution in [0.25, 0.3) is 0 Å². The number of hydrogen-bond donors (Lipinski definition) is 1. The van der Waals surface area contributed by atoms with Crippen LogP contribution in [0.4, 0.5) is 0 Å². The van der Waals surface area contributed by atoms with Crippen molar-refractivity contribution in [3.8, 4) is 0 Å². The predicted octanol–water partition coefficient (Wildman–Crippen LogP) is 1.99.